The molecule has 1 aromatic heterocycles. The number of fused-ring (bicyclic) bond motifs is 6. The Labute approximate surface area is 209 Å². The van der Waals surface area contributed by atoms with Gasteiger partial charge in [0.1, 0.15) is 0 Å². The Kier molecular flexibility index (Phi) is 3.77. The predicted octanol–water partition coefficient (Wildman–Crippen LogP) is 10.1. The molecule has 5 aromatic carbocycles. The van der Waals surface area contributed by atoms with Gasteiger partial charge in [-0.05, 0) is 69.1 Å². The minimum Gasteiger partial charge on any atom is -0.134 e. The molecule has 0 unspecified atom stereocenters. The van der Waals surface area contributed by atoms with Crippen molar-refractivity contribution in [3.05, 3.63) is 108 Å². The average molecular weight is 463 g/mol. The molecule has 0 atom stereocenters. The number of hydrogen-bond donors (Lipinski definition) is 0. The van der Waals surface area contributed by atoms with E-state index in [0.717, 1.165) is 0 Å². The lowest BCUT2D eigenvalue weighted by Gasteiger charge is -2.09. The summed E-state index contributed by atoms with van der Waals surface area (Å²) in [5.41, 5.74) is 16.2. The second-order valence-corrected chi connectivity index (χ2v) is 10.9. The molecule has 0 nitrogen and oxygen atoms in total. The molecular formula is C34H22S. The van der Waals surface area contributed by atoms with Crippen LogP contribution in [0, 0.1) is 13.8 Å². The molecule has 0 spiro atoms. The molecule has 164 valence electrons. The summed E-state index contributed by atoms with van der Waals surface area (Å²) in [5, 5.41) is 2.85. The smallest absolute Gasteiger partial charge is 0.0434 e. The third-order valence-corrected chi connectivity index (χ3v) is 9.03. The number of hydrogen-bond acceptors (Lipinski definition) is 1. The Morgan fingerprint density at radius 2 is 0.800 bits per heavy atom. The quantitative estimate of drug-likeness (QED) is 0.240. The highest BCUT2D eigenvalue weighted by Gasteiger charge is 2.34. The van der Waals surface area contributed by atoms with Crippen molar-refractivity contribution in [3.8, 4) is 65.4 Å². The van der Waals surface area contributed by atoms with Gasteiger partial charge in [0.25, 0.3) is 0 Å². The van der Waals surface area contributed by atoms with E-state index in [0.29, 0.717) is 0 Å². The topological polar surface area (TPSA) is 0 Å². The monoisotopic (exact) mass is 462 g/mol. The zero-order valence-corrected chi connectivity index (χ0v) is 20.5. The van der Waals surface area contributed by atoms with E-state index < -0.39 is 0 Å². The normalized spacial score (nSPS) is 12.3. The lowest BCUT2D eigenvalue weighted by atomic mass is 9.97. The van der Waals surface area contributed by atoms with Crippen molar-refractivity contribution < 1.29 is 0 Å². The van der Waals surface area contributed by atoms with Gasteiger partial charge in [-0.15, -0.1) is 11.3 Å². The predicted molar refractivity (Wildman–Crippen MR) is 151 cm³/mol. The van der Waals surface area contributed by atoms with Crippen LogP contribution in [0.25, 0.3) is 76.2 Å². The molecule has 1 heterocycles. The summed E-state index contributed by atoms with van der Waals surface area (Å²) < 4.78 is 0. The van der Waals surface area contributed by atoms with Crippen molar-refractivity contribution in [3.63, 3.8) is 0 Å². The molecule has 0 bridgehead atoms. The minimum absolute atomic E-state index is 1.30. The van der Waals surface area contributed by atoms with Gasteiger partial charge < -0.3 is 0 Å². The summed E-state index contributed by atoms with van der Waals surface area (Å²) in [4.78, 5) is 2.75. The van der Waals surface area contributed by atoms with Crippen LogP contribution in [0.1, 0.15) is 11.1 Å². The van der Waals surface area contributed by atoms with Gasteiger partial charge in [0.15, 0.2) is 0 Å². The molecule has 1 heteroatoms. The van der Waals surface area contributed by atoms with E-state index in [-0.39, 0.29) is 0 Å². The first-order valence-electron chi connectivity index (χ1n) is 12.2. The summed E-state index contributed by atoms with van der Waals surface area (Å²) in [7, 11) is 0. The van der Waals surface area contributed by atoms with Crippen LogP contribution in [-0.4, -0.2) is 0 Å². The van der Waals surface area contributed by atoms with Crippen LogP contribution in [0.2, 0.25) is 0 Å². The number of rotatable bonds is 2. The van der Waals surface area contributed by atoms with Crippen LogP contribution in [0.15, 0.2) is 97.1 Å². The molecular weight excluding hydrogens is 440 g/mol. The van der Waals surface area contributed by atoms with Gasteiger partial charge in [0.2, 0.25) is 0 Å². The SMILES string of the molecule is Cc1ccc(-c2sc(-c3ccc(C)cc3)c3c2-c2ccc4c5c(ccc-3c25)-c2ccccc2-4)cc1. The molecule has 6 aromatic rings. The third-order valence-electron chi connectivity index (χ3n) is 7.74. The molecule has 2 aliphatic carbocycles. The van der Waals surface area contributed by atoms with Gasteiger partial charge in [-0.25, -0.2) is 0 Å². The standard InChI is InChI=1S/C34H22S/c1-19-7-11-21(12-8-19)33-31-27-17-15-25-23-5-3-4-6-24(23)26-16-18-28(30(27)29(25)26)32(31)34(35-33)22-13-9-20(2)10-14-22/h3-18H,1-2H3. The lowest BCUT2D eigenvalue weighted by Crippen LogP contribution is -1.81. The molecule has 2 aliphatic rings. The highest BCUT2D eigenvalue weighted by atomic mass is 32.1. The average Bonchev–Trinajstić information content (AvgIpc) is 3.53. The second-order valence-electron chi connectivity index (χ2n) is 9.86. The third kappa shape index (κ3) is 2.51. The lowest BCUT2D eigenvalue weighted by molar-refractivity contribution is 1.48. The highest BCUT2D eigenvalue weighted by molar-refractivity contribution is 7.20. The fourth-order valence-electron chi connectivity index (χ4n) is 6.08. The molecule has 35 heavy (non-hydrogen) atoms. The Morgan fingerprint density at radius 3 is 1.26 bits per heavy atom. The maximum absolute atomic E-state index is 2.38. The van der Waals surface area contributed by atoms with E-state index in [2.05, 4.69) is 111 Å². The van der Waals surface area contributed by atoms with Crippen molar-refractivity contribution in [1.82, 2.24) is 0 Å². The maximum Gasteiger partial charge on any atom is 0.0434 e. The van der Waals surface area contributed by atoms with Gasteiger partial charge in [-0.3, -0.25) is 0 Å². The first-order valence-corrected chi connectivity index (χ1v) is 13.0. The van der Waals surface area contributed by atoms with E-state index in [4.69, 9.17) is 0 Å². The molecule has 0 saturated heterocycles. The van der Waals surface area contributed by atoms with Crippen LogP contribution >= 0.6 is 11.3 Å². The summed E-state index contributed by atoms with van der Waals surface area (Å²) in [5.74, 6) is 0. The van der Waals surface area contributed by atoms with E-state index in [1.807, 2.05) is 11.3 Å². The molecule has 8 rings (SSSR count). The molecule has 0 radical (unpaired) electrons. The molecule has 0 fully saturated rings. The largest absolute Gasteiger partial charge is 0.134 e. The van der Waals surface area contributed by atoms with Gasteiger partial charge in [0.05, 0.1) is 0 Å². The highest BCUT2D eigenvalue weighted by Crippen LogP contribution is 2.62. The molecule has 0 N–H and O–H groups in total. The second kappa shape index (κ2) is 6.81. The Balaban J connectivity index is 1.49. The van der Waals surface area contributed by atoms with Crippen molar-refractivity contribution in [1.29, 1.82) is 0 Å². The van der Waals surface area contributed by atoms with Crippen molar-refractivity contribution in [2.45, 2.75) is 13.8 Å². The van der Waals surface area contributed by atoms with Crippen LogP contribution < -0.4 is 0 Å². The van der Waals surface area contributed by atoms with E-state index >= 15 is 0 Å². The Bertz CT molecular complexity index is 1700. The zero-order chi connectivity index (χ0) is 23.3. The first-order chi connectivity index (χ1) is 17.2. The summed E-state index contributed by atoms with van der Waals surface area (Å²) in [6.07, 6.45) is 0. The fourth-order valence-corrected chi connectivity index (χ4v) is 7.42. The zero-order valence-electron chi connectivity index (χ0n) is 19.6. The van der Waals surface area contributed by atoms with E-state index in [9.17, 15) is 0 Å². The van der Waals surface area contributed by atoms with Gasteiger partial charge in [-0.1, -0.05) is 108 Å². The van der Waals surface area contributed by atoms with Crippen LogP contribution in [-0.2, 0) is 0 Å². The molecule has 0 amide bonds. The van der Waals surface area contributed by atoms with Crippen LogP contribution in [0.4, 0.5) is 0 Å². The van der Waals surface area contributed by atoms with E-state index in [1.54, 1.807) is 0 Å². The minimum atomic E-state index is 1.30. The van der Waals surface area contributed by atoms with Gasteiger partial charge >= 0.3 is 0 Å². The maximum atomic E-state index is 2.38. The Hall–Kier alpha value is -3.94. The van der Waals surface area contributed by atoms with E-state index in [1.165, 1.54) is 87.3 Å². The Morgan fingerprint density at radius 1 is 0.400 bits per heavy atom. The molecule has 0 aliphatic heterocycles. The fraction of sp³-hybridized carbons (Fsp3) is 0.0588. The van der Waals surface area contributed by atoms with Crippen molar-refractivity contribution >= 4 is 22.1 Å². The summed E-state index contributed by atoms with van der Waals surface area (Å²) in [6, 6.07) is 36.4. The summed E-state index contributed by atoms with van der Waals surface area (Å²) >= 11 is 1.94. The molecule has 0 saturated carbocycles. The van der Waals surface area contributed by atoms with Crippen molar-refractivity contribution in [2.24, 2.45) is 0 Å². The number of benzene rings is 5. The number of aryl methyl sites for hydroxylation is 2. The summed E-state index contributed by atoms with van der Waals surface area (Å²) in [6.45, 7) is 4.32. The van der Waals surface area contributed by atoms with Gasteiger partial charge in [0, 0.05) is 20.9 Å². The first kappa shape index (κ1) is 19.4. The number of thiophene rings is 1. The van der Waals surface area contributed by atoms with Crippen molar-refractivity contribution in [2.75, 3.05) is 0 Å². The van der Waals surface area contributed by atoms with Crippen LogP contribution in [0.3, 0.4) is 0 Å². The van der Waals surface area contributed by atoms with Crippen LogP contribution in [0.5, 0.6) is 0 Å². The van der Waals surface area contributed by atoms with Gasteiger partial charge in [-0.2, -0.15) is 0 Å².